The minimum absolute atomic E-state index is 0.135. The number of ether oxygens (including phenoxy) is 1. The smallest absolute Gasteiger partial charge is 0.129 e. The van der Waals surface area contributed by atoms with Crippen LogP contribution in [-0.2, 0) is 11.3 Å². The van der Waals surface area contributed by atoms with E-state index in [-0.39, 0.29) is 5.82 Å². The molecule has 4 nitrogen and oxygen atoms in total. The number of hydrogen-bond donors (Lipinski definition) is 1. The molecule has 1 fully saturated rings. The second kappa shape index (κ2) is 7.73. The largest absolute Gasteiger partial charge is 0.383 e. The molecule has 0 amide bonds. The quantitative estimate of drug-likeness (QED) is 0.809. The summed E-state index contributed by atoms with van der Waals surface area (Å²) in [5.74, 6) is -0.135. The number of nitrogens with zero attached hydrogens (tertiary/aromatic N) is 2. The van der Waals surface area contributed by atoms with Crippen molar-refractivity contribution in [3.8, 4) is 0 Å². The summed E-state index contributed by atoms with van der Waals surface area (Å²) in [5.41, 5.74) is 1.77. The van der Waals surface area contributed by atoms with E-state index in [1.807, 2.05) is 6.07 Å². The first-order valence-electron chi connectivity index (χ1n) is 7.55. The van der Waals surface area contributed by atoms with Crippen LogP contribution in [0.4, 0.5) is 10.1 Å². The Bertz CT molecular complexity index is 455. The number of nitrogens with one attached hydrogen (secondary N) is 1. The first-order valence-corrected chi connectivity index (χ1v) is 7.55. The number of hydrogen-bond acceptors (Lipinski definition) is 4. The fraction of sp³-hybridized carbons (Fsp3) is 0.625. The summed E-state index contributed by atoms with van der Waals surface area (Å²) in [6.07, 6.45) is 0. The number of methoxy groups -OCH3 is 1. The standard InChI is InChI=1S/C16H26FN3O/c1-13-12-20(9-8-19(13)2)16-6-4-5-15(17)14(16)11-18-7-10-21-3/h4-6,13,18H,7-12H2,1-3H3. The molecule has 1 aromatic carbocycles. The van der Waals surface area contributed by atoms with E-state index in [1.54, 1.807) is 13.2 Å². The maximum absolute atomic E-state index is 14.2. The Morgan fingerprint density at radius 2 is 2.19 bits per heavy atom. The third-order valence-corrected chi connectivity index (χ3v) is 4.18. The molecule has 5 heteroatoms. The zero-order chi connectivity index (χ0) is 15.2. The molecular formula is C16H26FN3O. The van der Waals surface area contributed by atoms with Crippen LogP contribution in [0.25, 0.3) is 0 Å². The molecule has 1 aliphatic rings. The second-order valence-electron chi connectivity index (χ2n) is 5.68. The molecule has 1 N–H and O–H groups in total. The highest BCUT2D eigenvalue weighted by Gasteiger charge is 2.23. The van der Waals surface area contributed by atoms with E-state index in [1.165, 1.54) is 6.07 Å². The lowest BCUT2D eigenvalue weighted by molar-refractivity contribution is 0.199. The van der Waals surface area contributed by atoms with Gasteiger partial charge in [0.25, 0.3) is 0 Å². The second-order valence-corrected chi connectivity index (χ2v) is 5.68. The van der Waals surface area contributed by atoms with Gasteiger partial charge in [0.1, 0.15) is 5.82 Å². The van der Waals surface area contributed by atoms with Crippen LogP contribution >= 0.6 is 0 Å². The third kappa shape index (κ3) is 4.15. The van der Waals surface area contributed by atoms with E-state index in [9.17, 15) is 4.39 Å². The van der Waals surface area contributed by atoms with Crippen molar-refractivity contribution in [1.82, 2.24) is 10.2 Å². The first-order chi connectivity index (χ1) is 10.1. The Labute approximate surface area is 126 Å². The maximum atomic E-state index is 14.2. The van der Waals surface area contributed by atoms with E-state index in [0.29, 0.717) is 19.2 Å². The van der Waals surface area contributed by atoms with E-state index < -0.39 is 0 Å². The van der Waals surface area contributed by atoms with Gasteiger partial charge in [-0.1, -0.05) is 6.07 Å². The lowest BCUT2D eigenvalue weighted by atomic mass is 10.1. The molecule has 1 unspecified atom stereocenters. The summed E-state index contributed by atoms with van der Waals surface area (Å²) in [7, 11) is 3.81. The number of halogens is 1. The van der Waals surface area contributed by atoms with Gasteiger partial charge in [-0.05, 0) is 26.1 Å². The molecule has 0 aromatic heterocycles. The summed E-state index contributed by atoms with van der Waals surface area (Å²) in [6.45, 7) is 6.99. The number of likely N-dealkylation sites (N-methyl/N-ethyl adjacent to an activating group) is 1. The third-order valence-electron chi connectivity index (χ3n) is 4.18. The Morgan fingerprint density at radius 1 is 1.38 bits per heavy atom. The number of anilines is 1. The van der Waals surface area contributed by atoms with Crippen LogP contribution in [0, 0.1) is 5.82 Å². The van der Waals surface area contributed by atoms with Crippen LogP contribution in [0.1, 0.15) is 12.5 Å². The van der Waals surface area contributed by atoms with Crippen LogP contribution in [0.2, 0.25) is 0 Å². The molecule has 1 aliphatic heterocycles. The molecule has 2 rings (SSSR count). The highest BCUT2D eigenvalue weighted by molar-refractivity contribution is 5.54. The predicted octanol–water partition coefficient (Wildman–Crippen LogP) is 1.70. The van der Waals surface area contributed by atoms with Gasteiger partial charge in [0.15, 0.2) is 0 Å². The van der Waals surface area contributed by atoms with Crippen molar-refractivity contribution in [2.45, 2.75) is 19.5 Å². The topological polar surface area (TPSA) is 27.7 Å². The van der Waals surface area contributed by atoms with Crippen LogP contribution < -0.4 is 10.2 Å². The monoisotopic (exact) mass is 295 g/mol. The lowest BCUT2D eigenvalue weighted by Crippen LogP contribution is -2.50. The van der Waals surface area contributed by atoms with Crippen molar-refractivity contribution in [3.63, 3.8) is 0 Å². The molecule has 118 valence electrons. The Kier molecular flexibility index (Phi) is 5.96. The van der Waals surface area contributed by atoms with Gasteiger partial charge < -0.3 is 19.9 Å². The summed E-state index contributed by atoms with van der Waals surface area (Å²) < 4.78 is 19.2. The van der Waals surface area contributed by atoms with Crippen LogP contribution in [-0.4, -0.2) is 57.9 Å². The summed E-state index contributed by atoms with van der Waals surface area (Å²) in [4.78, 5) is 4.63. The van der Waals surface area contributed by atoms with Crippen molar-refractivity contribution in [1.29, 1.82) is 0 Å². The molecule has 0 aliphatic carbocycles. The number of benzene rings is 1. The van der Waals surface area contributed by atoms with Crippen LogP contribution in [0.15, 0.2) is 18.2 Å². The molecule has 0 radical (unpaired) electrons. The molecule has 1 aromatic rings. The summed E-state index contributed by atoms with van der Waals surface area (Å²) in [5, 5.41) is 3.24. The molecule has 1 atom stereocenters. The van der Waals surface area contributed by atoms with Gasteiger partial charge in [0.05, 0.1) is 6.61 Å². The Balaban J connectivity index is 2.09. The van der Waals surface area contributed by atoms with Crippen molar-refractivity contribution in [2.24, 2.45) is 0 Å². The first kappa shape index (κ1) is 16.2. The average Bonchev–Trinajstić information content (AvgIpc) is 2.48. The van der Waals surface area contributed by atoms with Gasteiger partial charge in [-0.3, -0.25) is 0 Å². The van der Waals surface area contributed by atoms with Crippen molar-refractivity contribution in [2.75, 3.05) is 51.8 Å². The normalized spacial score (nSPS) is 20.0. The zero-order valence-corrected chi connectivity index (χ0v) is 13.2. The van der Waals surface area contributed by atoms with Crippen LogP contribution in [0.5, 0.6) is 0 Å². The van der Waals surface area contributed by atoms with E-state index in [0.717, 1.165) is 37.4 Å². The predicted molar refractivity (Wildman–Crippen MR) is 84.3 cm³/mol. The maximum Gasteiger partial charge on any atom is 0.129 e. The number of piperazine rings is 1. The minimum Gasteiger partial charge on any atom is -0.383 e. The Morgan fingerprint density at radius 3 is 2.90 bits per heavy atom. The number of rotatable bonds is 6. The SMILES string of the molecule is COCCNCc1c(F)cccc1N1CCN(C)C(C)C1. The van der Waals surface area contributed by atoms with Gasteiger partial charge in [0.2, 0.25) is 0 Å². The molecule has 1 saturated heterocycles. The van der Waals surface area contributed by atoms with E-state index >= 15 is 0 Å². The fourth-order valence-electron chi connectivity index (χ4n) is 2.67. The van der Waals surface area contributed by atoms with Crippen molar-refractivity contribution in [3.05, 3.63) is 29.6 Å². The molecule has 0 bridgehead atoms. The molecule has 1 heterocycles. The van der Waals surface area contributed by atoms with Gasteiger partial charge in [-0.2, -0.15) is 0 Å². The van der Waals surface area contributed by atoms with E-state index in [2.05, 4.69) is 29.1 Å². The highest BCUT2D eigenvalue weighted by atomic mass is 19.1. The van der Waals surface area contributed by atoms with Gasteiger partial charge >= 0.3 is 0 Å². The van der Waals surface area contributed by atoms with Crippen molar-refractivity contribution >= 4 is 5.69 Å². The fourth-order valence-corrected chi connectivity index (χ4v) is 2.67. The van der Waals surface area contributed by atoms with Gasteiger partial charge in [-0.15, -0.1) is 0 Å². The summed E-state index contributed by atoms with van der Waals surface area (Å²) in [6, 6.07) is 5.84. The molecule has 0 spiro atoms. The van der Waals surface area contributed by atoms with E-state index in [4.69, 9.17) is 4.74 Å². The van der Waals surface area contributed by atoms with Crippen molar-refractivity contribution < 1.29 is 9.13 Å². The van der Waals surface area contributed by atoms with Crippen LogP contribution in [0.3, 0.4) is 0 Å². The lowest BCUT2D eigenvalue weighted by Gasteiger charge is -2.39. The molecular weight excluding hydrogens is 269 g/mol. The minimum atomic E-state index is -0.135. The van der Waals surface area contributed by atoms with Gasteiger partial charge in [-0.25, -0.2) is 4.39 Å². The average molecular weight is 295 g/mol. The van der Waals surface area contributed by atoms with Gasteiger partial charge in [0, 0.05) is 57.1 Å². The highest BCUT2D eigenvalue weighted by Crippen LogP contribution is 2.25. The molecule has 21 heavy (non-hydrogen) atoms. The zero-order valence-electron chi connectivity index (χ0n) is 13.2. The Hall–Kier alpha value is -1.17. The molecule has 0 saturated carbocycles. The summed E-state index contributed by atoms with van der Waals surface area (Å²) >= 11 is 0.